The number of carbonyl (C=O) groups excluding carboxylic acids is 1. The second kappa shape index (κ2) is 6.24. The number of carbonyl (C=O) groups is 1. The molecule has 0 aromatic heterocycles. The minimum Gasteiger partial charge on any atom is -0.325 e. The molecule has 1 heterocycles. The summed E-state index contributed by atoms with van der Waals surface area (Å²) in [5.74, 6) is 0.0440. The Morgan fingerprint density at radius 1 is 1.29 bits per heavy atom. The Kier molecular flexibility index (Phi) is 4.60. The van der Waals surface area contributed by atoms with E-state index in [1.165, 1.54) is 6.07 Å². The molecule has 114 valence electrons. The lowest BCUT2D eigenvalue weighted by atomic mass is 9.76. The highest BCUT2D eigenvalue weighted by Gasteiger charge is 2.35. The molecule has 0 saturated heterocycles. The van der Waals surface area contributed by atoms with E-state index in [0.717, 1.165) is 42.5 Å². The van der Waals surface area contributed by atoms with Gasteiger partial charge in [-0.25, -0.2) is 0 Å². The van der Waals surface area contributed by atoms with Gasteiger partial charge in [-0.05, 0) is 36.8 Å². The molecule has 5 nitrogen and oxygen atoms in total. The SMILES string of the molecule is CCCCC1C(=O)Nc2c(C)cc([N+](=O)[O-])cc2C1CC. The van der Waals surface area contributed by atoms with E-state index in [1.54, 1.807) is 6.07 Å². The lowest BCUT2D eigenvalue weighted by Crippen LogP contribution is -2.34. The van der Waals surface area contributed by atoms with Crippen molar-refractivity contribution in [1.82, 2.24) is 0 Å². The number of anilines is 1. The Morgan fingerprint density at radius 2 is 2.00 bits per heavy atom. The maximum absolute atomic E-state index is 12.4. The summed E-state index contributed by atoms with van der Waals surface area (Å²) in [6.45, 7) is 5.95. The van der Waals surface area contributed by atoms with Crippen LogP contribution in [0.2, 0.25) is 0 Å². The van der Waals surface area contributed by atoms with Crippen molar-refractivity contribution < 1.29 is 9.72 Å². The number of nitrogens with one attached hydrogen (secondary N) is 1. The fraction of sp³-hybridized carbons (Fsp3) is 0.562. The van der Waals surface area contributed by atoms with Crippen molar-refractivity contribution in [2.45, 2.75) is 52.4 Å². The summed E-state index contributed by atoms with van der Waals surface area (Å²) in [7, 11) is 0. The summed E-state index contributed by atoms with van der Waals surface area (Å²) in [6, 6.07) is 3.16. The van der Waals surface area contributed by atoms with Crippen molar-refractivity contribution in [3.05, 3.63) is 33.4 Å². The molecular formula is C16H22N2O3. The summed E-state index contributed by atoms with van der Waals surface area (Å²) in [5, 5.41) is 14.0. The van der Waals surface area contributed by atoms with E-state index in [1.807, 2.05) is 13.8 Å². The number of nitro groups is 1. The third-order valence-corrected chi connectivity index (χ3v) is 4.34. The third-order valence-electron chi connectivity index (χ3n) is 4.34. The van der Waals surface area contributed by atoms with Crippen molar-refractivity contribution >= 4 is 17.3 Å². The predicted molar refractivity (Wildman–Crippen MR) is 82.5 cm³/mol. The lowest BCUT2D eigenvalue weighted by Gasteiger charge is -2.33. The standard InChI is InChI=1S/C16H22N2O3/c1-4-6-7-13-12(5-2)14-9-11(18(20)21)8-10(3)15(14)17-16(13)19/h8-9,12-13H,4-7H2,1-3H3,(H,17,19). The molecule has 1 aliphatic rings. The molecule has 0 spiro atoms. The fourth-order valence-electron chi connectivity index (χ4n) is 3.24. The molecule has 1 aromatic carbocycles. The predicted octanol–water partition coefficient (Wildman–Crippen LogP) is 4.16. The molecule has 21 heavy (non-hydrogen) atoms. The van der Waals surface area contributed by atoms with E-state index in [0.29, 0.717) is 0 Å². The second-order valence-electron chi connectivity index (χ2n) is 5.74. The molecule has 2 rings (SSSR count). The molecule has 1 N–H and O–H groups in total. The minimum atomic E-state index is -0.364. The Labute approximate surface area is 124 Å². The number of aryl methyl sites for hydroxylation is 1. The largest absolute Gasteiger partial charge is 0.325 e. The first kappa shape index (κ1) is 15.5. The molecule has 0 radical (unpaired) electrons. The Bertz CT molecular complexity index is 569. The van der Waals surface area contributed by atoms with Gasteiger partial charge in [-0.2, -0.15) is 0 Å². The molecule has 5 heteroatoms. The first-order valence-corrected chi connectivity index (χ1v) is 7.59. The van der Waals surface area contributed by atoms with Crippen molar-refractivity contribution in [1.29, 1.82) is 0 Å². The van der Waals surface area contributed by atoms with Crippen molar-refractivity contribution in [3.8, 4) is 0 Å². The summed E-state index contributed by atoms with van der Waals surface area (Å²) >= 11 is 0. The molecule has 2 atom stereocenters. The molecule has 1 aromatic rings. The van der Waals surface area contributed by atoms with Crippen LogP contribution in [0.5, 0.6) is 0 Å². The lowest BCUT2D eigenvalue weighted by molar-refractivity contribution is -0.385. The average Bonchev–Trinajstić information content (AvgIpc) is 2.45. The van der Waals surface area contributed by atoms with Gasteiger partial charge in [0.1, 0.15) is 0 Å². The maximum Gasteiger partial charge on any atom is 0.270 e. The van der Waals surface area contributed by atoms with Gasteiger partial charge >= 0.3 is 0 Å². The Balaban J connectivity index is 2.48. The number of fused-ring (bicyclic) bond motifs is 1. The van der Waals surface area contributed by atoms with Gasteiger partial charge in [0.2, 0.25) is 5.91 Å². The Morgan fingerprint density at radius 3 is 2.57 bits per heavy atom. The van der Waals surface area contributed by atoms with Gasteiger partial charge in [0.25, 0.3) is 5.69 Å². The van der Waals surface area contributed by atoms with Gasteiger partial charge in [0.15, 0.2) is 0 Å². The van der Waals surface area contributed by atoms with Crippen molar-refractivity contribution in [3.63, 3.8) is 0 Å². The molecule has 0 aliphatic carbocycles. The van der Waals surface area contributed by atoms with Crippen LogP contribution in [0.4, 0.5) is 11.4 Å². The zero-order chi connectivity index (χ0) is 15.6. The normalized spacial score (nSPS) is 20.8. The number of hydrogen-bond acceptors (Lipinski definition) is 3. The van der Waals surface area contributed by atoms with E-state index in [-0.39, 0.29) is 28.4 Å². The van der Waals surface area contributed by atoms with E-state index < -0.39 is 0 Å². The topological polar surface area (TPSA) is 72.2 Å². The van der Waals surface area contributed by atoms with E-state index in [4.69, 9.17) is 0 Å². The molecule has 0 fully saturated rings. The number of rotatable bonds is 5. The van der Waals surface area contributed by atoms with Crippen LogP contribution in [-0.4, -0.2) is 10.8 Å². The number of nitro benzene ring substituents is 1. The monoisotopic (exact) mass is 290 g/mol. The van der Waals surface area contributed by atoms with E-state index in [2.05, 4.69) is 12.2 Å². The molecule has 1 aliphatic heterocycles. The van der Waals surface area contributed by atoms with Crippen LogP contribution >= 0.6 is 0 Å². The minimum absolute atomic E-state index is 0.0553. The summed E-state index contributed by atoms with van der Waals surface area (Å²) in [4.78, 5) is 23.1. The number of amides is 1. The molecule has 0 bridgehead atoms. The van der Waals surface area contributed by atoms with Crippen LogP contribution in [0.3, 0.4) is 0 Å². The van der Waals surface area contributed by atoms with Gasteiger partial charge in [0.05, 0.1) is 4.92 Å². The zero-order valence-corrected chi connectivity index (χ0v) is 12.8. The van der Waals surface area contributed by atoms with Crippen molar-refractivity contribution in [2.75, 3.05) is 5.32 Å². The van der Waals surface area contributed by atoms with Gasteiger partial charge in [-0.15, -0.1) is 0 Å². The van der Waals surface area contributed by atoms with Crippen LogP contribution < -0.4 is 5.32 Å². The van der Waals surface area contributed by atoms with Crippen LogP contribution in [-0.2, 0) is 4.79 Å². The first-order chi connectivity index (χ1) is 9.99. The smallest absolute Gasteiger partial charge is 0.270 e. The van der Waals surface area contributed by atoms with Crippen LogP contribution in [0.25, 0.3) is 0 Å². The molecule has 2 unspecified atom stereocenters. The van der Waals surface area contributed by atoms with Gasteiger partial charge in [-0.1, -0.05) is 26.7 Å². The van der Waals surface area contributed by atoms with Crippen molar-refractivity contribution in [2.24, 2.45) is 5.92 Å². The second-order valence-corrected chi connectivity index (χ2v) is 5.74. The maximum atomic E-state index is 12.4. The molecule has 0 saturated carbocycles. The van der Waals surface area contributed by atoms with E-state index in [9.17, 15) is 14.9 Å². The van der Waals surface area contributed by atoms with Gasteiger partial charge in [0, 0.05) is 23.7 Å². The summed E-state index contributed by atoms with van der Waals surface area (Å²) < 4.78 is 0. The first-order valence-electron chi connectivity index (χ1n) is 7.59. The highest BCUT2D eigenvalue weighted by molar-refractivity contribution is 5.97. The Hall–Kier alpha value is -1.91. The highest BCUT2D eigenvalue weighted by atomic mass is 16.6. The third kappa shape index (κ3) is 2.91. The number of hydrogen-bond donors (Lipinski definition) is 1. The number of non-ortho nitro benzene ring substituents is 1. The van der Waals surface area contributed by atoms with Crippen LogP contribution in [0, 0.1) is 23.0 Å². The van der Waals surface area contributed by atoms with Gasteiger partial charge in [-0.3, -0.25) is 14.9 Å². The molecular weight excluding hydrogens is 268 g/mol. The number of nitrogens with zero attached hydrogens (tertiary/aromatic N) is 1. The van der Waals surface area contributed by atoms with Crippen LogP contribution in [0.15, 0.2) is 12.1 Å². The van der Waals surface area contributed by atoms with E-state index >= 15 is 0 Å². The average molecular weight is 290 g/mol. The summed E-state index contributed by atoms with van der Waals surface area (Å²) in [6.07, 6.45) is 3.69. The molecule has 1 amide bonds. The summed E-state index contributed by atoms with van der Waals surface area (Å²) in [5.41, 5.74) is 2.56. The fourth-order valence-corrected chi connectivity index (χ4v) is 3.24. The number of unbranched alkanes of at least 4 members (excludes halogenated alkanes) is 1. The van der Waals surface area contributed by atoms with Crippen LogP contribution in [0.1, 0.15) is 56.6 Å². The van der Waals surface area contributed by atoms with Gasteiger partial charge < -0.3 is 5.32 Å². The highest BCUT2D eigenvalue weighted by Crippen LogP contribution is 2.43. The zero-order valence-electron chi connectivity index (χ0n) is 12.8. The quantitative estimate of drug-likeness (QED) is 0.654. The number of benzene rings is 1.